The molecule has 1 amide bonds. The van der Waals surface area contributed by atoms with Gasteiger partial charge in [-0.05, 0) is 6.92 Å². The molecule has 0 atom stereocenters. The fourth-order valence-electron chi connectivity index (χ4n) is 2.78. The van der Waals surface area contributed by atoms with E-state index in [0.717, 1.165) is 38.4 Å². The Kier molecular flexibility index (Phi) is 5.05. The first-order chi connectivity index (χ1) is 11.3. The second-order valence-electron chi connectivity index (χ2n) is 5.70. The standard InChI is InChI=1S/C17H21N3O3/c1-13-15(16(19-23-13)14-5-3-2-4-6-14)17(21)18-7-8-20-9-11-22-12-10-20/h2-6H,7-12H2,1H3,(H,18,21)/p+1. The number of hydrogen-bond donors (Lipinski definition) is 2. The van der Waals surface area contributed by atoms with E-state index in [9.17, 15) is 4.79 Å². The van der Waals surface area contributed by atoms with E-state index in [2.05, 4.69) is 10.5 Å². The first-order valence-corrected chi connectivity index (χ1v) is 7.97. The summed E-state index contributed by atoms with van der Waals surface area (Å²) in [6.07, 6.45) is 0. The van der Waals surface area contributed by atoms with Crippen molar-refractivity contribution >= 4 is 5.91 Å². The van der Waals surface area contributed by atoms with Crippen molar-refractivity contribution < 1.29 is 19.0 Å². The van der Waals surface area contributed by atoms with Gasteiger partial charge in [0.05, 0.1) is 26.3 Å². The van der Waals surface area contributed by atoms with E-state index >= 15 is 0 Å². The Morgan fingerprint density at radius 2 is 2.00 bits per heavy atom. The number of nitrogens with one attached hydrogen (secondary N) is 2. The molecule has 2 heterocycles. The van der Waals surface area contributed by atoms with Crippen molar-refractivity contribution in [2.45, 2.75) is 6.92 Å². The maximum atomic E-state index is 12.5. The molecule has 3 rings (SSSR count). The number of carbonyl (C=O) groups is 1. The summed E-state index contributed by atoms with van der Waals surface area (Å²) in [4.78, 5) is 14.0. The van der Waals surface area contributed by atoms with Crippen molar-refractivity contribution in [3.63, 3.8) is 0 Å². The molecule has 6 nitrogen and oxygen atoms in total. The fourth-order valence-corrected chi connectivity index (χ4v) is 2.78. The predicted octanol–water partition coefficient (Wildman–Crippen LogP) is 0.295. The third-order valence-electron chi connectivity index (χ3n) is 4.10. The van der Waals surface area contributed by atoms with Crippen LogP contribution in [-0.2, 0) is 4.74 Å². The van der Waals surface area contributed by atoms with E-state index in [1.54, 1.807) is 6.92 Å². The SMILES string of the molecule is Cc1onc(-c2ccccc2)c1C(=O)NCC[NH+]1CCOCC1. The van der Waals surface area contributed by atoms with E-state index in [1.807, 2.05) is 30.3 Å². The van der Waals surface area contributed by atoms with Crippen LogP contribution in [0.15, 0.2) is 34.9 Å². The topological polar surface area (TPSA) is 68.8 Å². The molecular formula is C17H22N3O3+. The molecule has 1 aromatic carbocycles. The predicted molar refractivity (Wildman–Crippen MR) is 85.4 cm³/mol. The molecule has 0 radical (unpaired) electrons. The van der Waals surface area contributed by atoms with Crippen LogP contribution in [0.1, 0.15) is 16.1 Å². The number of quaternary nitrogens is 1. The van der Waals surface area contributed by atoms with Gasteiger partial charge in [0, 0.05) is 5.56 Å². The molecule has 0 aliphatic carbocycles. The largest absolute Gasteiger partial charge is 0.370 e. The van der Waals surface area contributed by atoms with Crippen molar-refractivity contribution in [1.29, 1.82) is 0 Å². The number of hydrogen-bond acceptors (Lipinski definition) is 4. The molecule has 1 saturated heterocycles. The second-order valence-corrected chi connectivity index (χ2v) is 5.70. The highest BCUT2D eigenvalue weighted by Gasteiger charge is 2.22. The average molecular weight is 316 g/mol. The molecule has 1 aliphatic heterocycles. The van der Waals surface area contributed by atoms with Gasteiger partial charge in [0.15, 0.2) is 0 Å². The minimum absolute atomic E-state index is 0.129. The minimum Gasteiger partial charge on any atom is -0.370 e. The molecule has 1 aromatic heterocycles. The Balaban J connectivity index is 1.64. The Bertz CT molecular complexity index is 648. The zero-order chi connectivity index (χ0) is 16.1. The molecule has 0 spiro atoms. The van der Waals surface area contributed by atoms with Crippen LogP contribution in [0.25, 0.3) is 11.3 Å². The van der Waals surface area contributed by atoms with Gasteiger partial charge in [0.2, 0.25) is 0 Å². The fraction of sp³-hybridized carbons (Fsp3) is 0.412. The molecule has 0 unspecified atom stereocenters. The summed E-state index contributed by atoms with van der Waals surface area (Å²) in [5.41, 5.74) is 2.00. The van der Waals surface area contributed by atoms with E-state index in [4.69, 9.17) is 9.26 Å². The third-order valence-corrected chi connectivity index (χ3v) is 4.10. The second kappa shape index (κ2) is 7.39. The summed E-state index contributed by atoms with van der Waals surface area (Å²) >= 11 is 0. The lowest BCUT2D eigenvalue weighted by Gasteiger charge is -2.23. The number of nitrogens with zero attached hydrogens (tertiary/aromatic N) is 1. The van der Waals surface area contributed by atoms with Crippen molar-refractivity contribution in [3.8, 4) is 11.3 Å². The smallest absolute Gasteiger partial charge is 0.257 e. The van der Waals surface area contributed by atoms with Crippen LogP contribution in [0, 0.1) is 6.92 Å². The van der Waals surface area contributed by atoms with E-state index in [1.165, 1.54) is 4.90 Å². The molecule has 1 aliphatic rings. The van der Waals surface area contributed by atoms with E-state index in [-0.39, 0.29) is 5.91 Å². The molecule has 2 aromatic rings. The summed E-state index contributed by atoms with van der Waals surface area (Å²) in [5, 5.41) is 7.03. The number of carbonyl (C=O) groups excluding carboxylic acids is 1. The van der Waals surface area contributed by atoms with Gasteiger partial charge in [-0.15, -0.1) is 0 Å². The Labute approximate surface area is 135 Å². The number of amides is 1. The van der Waals surface area contributed by atoms with Crippen molar-refractivity contribution in [3.05, 3.63) is 41.7 Å². The highest BCUT2D eigenvalue weighted by molar-refractivity contribution is 6.00. The van der Waals surface area contributed by atoms with Gasteiger partial charge in [-0.1, -0.05) is 35.5 Å². The normalized spacial score (nSPS) is 15.5. The molecule has 6 heteroatoms. The Hall–Kier alpha value is -2.18. The maximum absolute atomic E-state index is 12.5. The first-order valence-electron chi connectivity index (χ1n) is 7.97. The Morgan fingerprint density at radius 1 is 1.26 bits per heavy atom. The lowest BCUT2D eigenvalue weighted by atomic mass is 10.1. The van der Waals surface area contributed by atoms with Crippen LogP contribution in [-0.4, -0.2) is 50.5 Å². The van der Waals surface area contributed by atoms with Crippen LogP contribution in [0.5, 0.6) is 0 Å². The minimum atomic E-state index is -0.129. The quantitative estimate of drug-likeness (QED) is 0.832. The molecule has 0 bridgehead atoms. The molecule has 23 heavy (non-hydrogen) atoms. The zero-order valence-corrected chi connectivity index (χ0v) is 13.3. The van der Waals surface area contributed by atoms with E-state index in [0.29, 0.717) is 23.6 Å². The van der Waals surface area contributed by atoms with Crippen LogP contribution in [0.2, 0.25) is 0 Å². The van der Waals surface area contributed by atoms with Crippen LogP contribution >= 0.6 is 0 Å². The maximum Gasteiger partial charge on any atom is 0.257 e. The monoisotopic (exact) mass is 316 g/mol. The summed E-state index contributed by atoms with van der Waals surface area (Å²) in [6, 6.07) is 9.62. The summed E-state index contributed by atoms with van der Waals surface area (Å²) in [7, 11) is 0. The lowest BCUT2D eigenvalue weighted by Crippen LogP contribution is -3.14. The first kappa shape index (κ1) is 15.7. The number of ether oxygens (including phenoxy) is 1. The zero-order valence-electron chi connectivity index (χ0n) is 13.3. The van der Waals surface area contributed by atoms with Crippen LogP contribution < -0.4 is 10.2 Å². The van der Waals surface area contributed by atoms with Crippen molar-refractivity contribution in [2.75, 3.05) is 39.4 Å². The van der Waals surface area contributed by atoms with Crippen molar-refractivity contribution in [2.24, 2.45) is 0 Å². The van der Waals surface area contributed by atoms with Gasteiger partial charge in [0.1, 0.15) is 30.1 Å². The van der Waals surface area contributed by atoms with Crippen LogP contribution in [0.4, 0.5) is 0 Å². The molecular weight excluding hydrogens is 294 g/mol. The Morgan fingerprint density at radius 3 is 2.74 bits per heavy atom. The number of rotatable bonds is 5. The average Bonchev–Trinajstić information content (AvgIpc) is 2.98. The van der Waals surface area contributed by atoms with Crippen molar-refractivity contribution in [1.82, 2.24) is 10.5 Å². The lowest BCUT2D eigenvalue weighted by molar-refractivity contribution is -0.906. The summed E-state index contributed by atoms with van der Waals surface area (Å²) < 4.78 is 10.6. The molecule has 122 valence electrons. The van der Waals surface area contributed by atoms with Gasteiger partial charge in [-0.3, -0.25) is 4.79 Å². The number of benzene rings is 1. The molecule has 0 saturated carbocycles. The highest BCUT2D eigenvalue weighted by atomic mass is 16.5. The molecule has 2 N–H and O–H groups in total. The number of aryl methyl sites for hydroxylation is 1. The number of morpholine rings is 1. The van der Waals surface area contributed by atoms with E-state index < -0.39 is 0 Å². The summed E-state index contributed by atoms with van der Waals surface area (Å²) in [5.74, 6) is 0.412. The van der Waals surface area contributed by atoms with Crippen LogP contribution in [0.3, 0.4) is 0 Å². The third kappa shape index (κ3) is 3.78. The van der Waals surface area contributed by atoms with Gasteiger partial charge in [-0.25, -0.2) is 0 Å². The molecule has 1 fully saturated rings. The number of aromatic nitrogens is 1. The van der Waals surface area contributed by atoms with Gasteiger partial charge in [0.25, 0.3) is 5.91 Å². The van der Waals surface area contributed by atoms with Gasteiger partial charge >= 0.3 is 0 Å². The highest BCUT2D eigenvalue weighted by Crippen LogP contribution is 2.24. The summed E-state index contributed by atoms with van der Waals surface area (Å²) in [6.45, 7) is 6.89. The van der Waals surface area contributed by atoms with Gasteiger partial charge < -0.3 is 19.5 Å². The van der Waals surface area contributed by atoms with Gasteiger partial charge in [-0.2, -0.15) is 0 Å².